The maximum Gasteiger partial charge on any atom is 0.254 e. The topological polar surface area (TPSA) is 72.6 Å². The fourth-order valence-corrected chi connectivity index (χ4v) is 3.46. The van der Waals surface area contributed by atoms with E-state index in [1.54, 1.807) is 4.68 Å². The zero-order valence-electron chi connectivity index (χ0n) is 15.5. The fourth-order valence-electron chi connectivity index (χ4n) is 3.46. The highest BCUT2D eigenvalue weighted by atomic mass is 16.5. The number of hydrogen-bond donors (Lipinski definition) is 0. The predicted molar refractivity (Wildman–Crippen MR) is 105 cm³/mol. The molecule has 1 amide bonds. The third kappa shape index (κ3) is 2.90. The van der Waals surface area contributed by atoms with Gasteiger partial charge >= 0.3 is 0 Å². The van der Waals surface area contributed by atoms with Gasteiger partial charge in [-0.1, -0.05) is 16.8 Å². The molecule has 7 heteroatoms. The second kappa shape index (κ2) is 6.69. The molecule has 0 atom stereocenters. The monoisotopic (exact) mass is 373 g/mol. The van der Waals surface area contributed by atoms with E-state index in [1.165, 1.54) is 5.56 Å². The SMILES string of the molecule is Cc1ccc2c(c1)C(c1cn(-c3ccc(C(=O)N4CCOCC4)cc3)nn1)=N2. The highest BCUT2D eigenvalue weighted by Gasteiger charge is 2.23. The summed E-state index contributed by atoms with van der Waals surface area (Å²) in [6.07, 6.45) is 1.86. The molecule has 0 spiro atoms. The molecule has 2 aliphatic heterocycles. The van der Waals surface area contributed by atoms with Gasteiger partial charge in [0.1, 0.15) is 11.4 Å². The van der Waals surface area contributed by atoms with E-state index in [9.17, 15) is 4.79 Å². The van der Waals surface area contributed by atoms with Crippen molar-refractivity contribution in [3.63, 3.8) is 0 Å². The largest absolute Gasteiger partial charge is 0.378 e. The van der Waals surface area contributed by atoms with Gasteiger partial charge in [-0.05, 0) is 43.3 Å². The summed E-state index contributed by atoms with van der Waals surface area (Å²) in [5.41, 5.74) is 6.41. The maximum absolute atomic E-state index is 12.6. The number of aryl methyl sites for hydroxylation is 1. The van der Waals surface area contributed by atoms with Crippen LogP contribution >= 0.6 is 0 Å². The number of rotatable bonds is 3. The molecule has 28 heavy (non-hydrogen) atoms. The number of nitrogens with zero attached hydrogens (tertiary/aromatic N) is 5. The van der Waals surface area contributed by atoms with Crippen LogP contribution in [-0.4, -0.2) is 57.8 Å². The quantitative estimate of drug-likeness (QED) is 0.553. The van der Waals surface area contributed by atoms with Gasteiger partial charge in [-0.15, -0.1) is 5.10 Å². The second-order valence-corrected chi connectivity index (χ2v) is 6.98. The van der Waals surface area contributed by atoms with Gasteiger partial charge in [0.2, 0.25) is 0 Å². The second-order valence-electron chi connectivity index (χ2n) is 6.98. The number of carbonyl (C=O) groups is 1. The van der Waals surface area contributed by atoms with E-state index in [0.29, 0.717) is 31.9 Å². The molecule has 3 heterocycles. The predicted octanol–water partition coefficient (Wildman–Crippen LogP) is 2.53. The number of hydrogen-bond acceptors (Lipinski definition) is 5. The number of benzene rings is 2. The third-order valence-corrected chi connectivity index (χ3v) is 5.05. The number of amides is 1. The van der Waals surface area contributed by atoms with Crippen molar-refractivity contribution in [2.24, 2.45) is 4.99 Å². The van der Waals surface area contributed by atoms with Crippen molar-refractivity contribution >= 4 is 17.3 Å². The Kier molecular flexibility index (Phi) is 4.02. The number of morpholine rings is 1. The Morgan fingerprint density at radius 1 is 1.07 bits per heavy atom. The number of aliphatic imine (C=N–C) groups is 1. The molecule has 2 aromatic carbocycles. The molecule has 0 N–H and O–H groups in total. The molecule has 0 bridgehead atoms. The van der Waals surface area contributed by atoms with Gasteiger partial charge in [0, 0.05) is 24.2 Å². The first kappa shape index (κ1) is 16.8. The van der Waals surface area contributed by atoms with Gasteiger partial charge in [0.05, 0.1) is 30.8 Å². The zero-order chi connectivity index (χ0) is 19.1. The summed E-state index contributed by atoms with van der Waals surface area (Å²) >= 11 is 0. The summed E-state index contributed by atoms with van der Waals surface area (Å²) in [6.45, 7) is 4.52. The van der Waals surface area contributed by atoms with Crippen molar-refractivity contribution in [1.29, 1.82) is 0 Å². The Bertz CT molecular complexity index is 1080. The van der Waals surface area contributed by atoms with Crippen molar-refractivity contribution in [1.82, 2.24) is 19.9 Å². The van der Waals surface area contributed by atoms with Crippen LogP contribution in [0.5, 0.6) is 0 Å². The third-order valence-electron chi connectivity index (χ3n) is 5.05. The standard InChI is InChI=1S/C21H19N5O2/c1-14-2-7-18-17(12-14)20(22-18)19-13-26(24-23-19)16-5-3-15(4-6-16)21(27)25-8-10-28-11-9-25/h2-7,12-13H,8-11H2,1H3. The number of carbonyl (C=O) groups excluding carboxylic acids is 1. The van der Waals surface area contributed by atoms with Crippen molar-refractivity contribution in [3.8, 4) is 5.69 Å². The molecule has 0 unspecified atom stereocenters. The molecule has 1 aromatic heterocycles. The lowest BCUT2D eigenvalue weighted by Crippen LogP contribution is -2.40. The highest BCUT2D eigenvalue weighted by molar-refractivity contribution is 6.21. The Balaban J connectivity index is 1.34. The number of fused-ring (bicyclic) bond motifs is 1. The van der Waals surface area contributed by atoms with Crippen LogP contribution < -0.4 is 0 Å². The highest BCUT2D eigenvalue weighted by Crippen LogP contribution is 2.32. The first-order valence-electron chi connectivity index (χ1n) is 9.29. The van der Waals surface area contributed by atoms with Crippen molar-refractivity contribution in [2.75, 3.05) is 26.3 Å². The molecule has 1 fully saturated rings. The van der Waals surface area contributed by atoms with E-state index in [0.717, 1.165) is 28.3 Å². The van der Waals surface area contributed by atoms with E-state index < -0.39 is 0 Å². The summed E-state index contributed by atoms with van der Waals surface area (Å²) in [7, 11) is 0. The molecular weight excluding hydrogens is 354 g/mol. The van der Waals surface area contributed by atoms with Crippen LogP contribution in [0.3, 0.4) is 0 Å². The van der Waals surface area contributed by atoms with Crippen molar-refractivity contribution in [2.45, 2.75) is 6.92 Å². The van der Waals surface area contributed by atoms with Crippen LogP contribution in [0.2, 0.25) is 0 Å². The molecule has 5 rings (SSSR count). The Morgan fingerprint density at radius 3 is 2.64 bits per heavy atom. The number of aromatic nitrogens is 3. The summed E-state index contributed by atoms with van der Waals surface area (Å²) in [4.78, 5) is 18.9. The lowest BCUT2D eigenvalue weighted by molar-refractivity contribution is 0.0303. The van der Waals surface area contributed by atoms with Crippen molar-refractivity contribution < 1.29 is 9.53 Å². The van der Waals surface area contributed by atoms with Crippen LogP contribution in [0.25, 0.3) is 5.69 Å². The van der Waals surface area contributed by atoms with E-state index in [4.69, 9.17) is 4.74 Å². The van der Waals surface area contributed by atoms with E-state index >= 15 is 0 Å². The molecule has 0 aliphatic carbocycles. The average molecular weight is 373 g/mol. The first-order chi connectivity index (χ1) is 13.7. The minimum absolute atomic E-state index is 0.0323. The number of ether oxygens (including phenoxy) is 1. The van der Waals surface area contributed by atoms with Gasteiger partial charge in [0.25, 0.3) is 5.91 Å². The van der Waals surface area contributed by atoms with E-state index in [-0.39, 0.29) is 5.91 Å². The van der Waals surface area contributed by atoms with E-state index in [2.05, 4.69) is 34.4 Å². The molecule has 0 saturated carbocycles. The molecule has 0 radical (unpaired) electrons. The van der Waals surface area contributed by atoms with Crippen LogP contribution in [0.15, 0.2) is 53.7 Å². The smallest absolute Gasteiger partial charge is 0.254 e. The van der Waals surface area contributed by atoms with Gasteiger partial charge in [-0.3, -0.25) is 4.79 Å². The van der Waals surface area contributed by atoms with Gasteiger partial charge in [-0.2, -0.15) is 0 Å². The minimum Gasteiger partial charge on any atom is -0.378 e. The Hall–Kier alpha value is -3.32. The molecule has 7 nitrogen and oxygen atoms in total. The van der Waals surface area contributed by atoms with Gasteiger partial charge < -0.3 is 9.64 Å². The lowest BCUT2D eigenvalue weighted by Gasteiger charge is -2.26. The van der Waals surface area contributed by atoms with Gasteiger partial charge in [0.15, 0.2) is 0 Å². The maximum atomic E-state index is 12.6. The first-order valence-corrected chi connectivity index (χ1v) is 9.29. The van der Waals surface area contributed by atoms with Crippen LogP contribution in [0, 0.1) is 6.92 Å². The summed E-state index contributed by atoms with van der Waals surface area (Å²) in [6, 6.07) is 13.6. The fraction of sp³-hybridized carbons (Fsp3) is 0.238. The lowest BCUT2D eigenvalue weighted by atomic mass is 9.98. The van der Waals surface area contributed by atoms with Crippen LogP contribution in [0.1, 0.15) is 27.2 Å². The van der Waals surface area contributed by atoms with Crippen molar-refractivity contribution in [3.05, 3.63) is 71.0 Å². The molecule has 140 valence electrons. The zero-order valence-corrected chi connectivity index (χ0v) is 15.5. The molecule has 1 saturated heterocycles. The Morgan fingerprint density at radius 2 is 1.86 bits per heavy atom. The summed E-state index contributed by atoms with van der Waals surface area (Å²) in [5.74, 6) is 0.0323. The normalized spacial score (nSPS) is 15.6. The average Bonchev–Trinajstić information content (AvgIpc) is 3.20. The van der Waals surface area contributed by atoms with Gasteiger partial charge in [-0.25, -0.2) is 9.67 Å². The molecule has 3 aromatic rings. The summed E-state index contributed by atoms with van der Waals surface area (Å²) in [5, 5.41) is 8.49. The minimum atomic E-state index is 0.0323. The summed E-state index contributed by atoms with van der Waals surface area (Å²) < 4.78 is 7.01. The van der Waals surface area contributed by atoms with Crippen LogP contribution in [-0.2, 0) is 4.74 Å². The Labute approximate surface area is 162 Å². The van der Waals surface area contributed by atoms with E-state index in [1.807, 2.05) is 41.4 Å². The molecular formula is C21H19N5O2. The molecule has 2 aliphatic rings. The van der Waals surface area contributed by atoms with Crippen LogP contribution in [0.4, 0.5) is 5.69 Å².